The first kappa shape index (κ1) is 17.7. The van der Waals surface area contributed by atoms with Gasteiger partial charge in [0.2, 0.25) is 10.0 Å². The number of nitrogens with one attached hydrogen (secondary N) is 2. The maximum Gasteiger partial charge on any atom is 0.260 e. The van der Waals surface area contributed by atoms with Crippen molar-refractivity contribution in [3.8, 4) is 5.75 Å². The molecule has 0 radical (unpaired) electrons. The topological polar surface area (TPSA) is 93.7 Å². The second-order valence-corrected chi connectivity index (χ2v) is 7.10. The molecule has 1 amide bonds. The van der Waals surface area contributed by atoms with Crippen molar-refractivity contribution >= 4 is 15.9 Å². The molecule has 1 aliphatic rings. The molecule has 2 N–H and O–H groups in total. The van der Waals surface area contributed by atoms with Crippen LogP contribution >= 0.6 is 0 Å². The van der Waals surface area contributed by atoms with Crippen molar-refractivity contribution in [3.63, 3.8) is 0 Å². The average Bonchev–Trinajstić information content (AvgIpc) is 3.06. The van der Waals surface area contributed by atoms with Crippen LogP contribution in [0.1, 0.15) is 19.8 Å². The molecule has 0 bridgehead atoms. The first-order valence-corrected chi connectivity index (χ1v) is 9.00. The van der Waals surface area contributed by atoms with Gasteiger partial charge in [0.15, 0.2) is 6.10 Å². The molecule has 1 aromatic rings. The van der Waals surface area contributed by atoms with Crippen molar-refractivity contribution in [1.82, 2.24) is 10.0 Å². The van der Waals surface area contributed by atoms with Crippen molar-refractivity contribution in [1.29, 1.82) is 0 Å². The Morgan fingerprint density at radius 2 is 2.09 bits per heavy atom. The maximum atomic E-state index is 12.2. The molecule has 1 fully saturated rings. The Balaban J connectivity index is 1.95. The largest absolute Gasteiger partial charge is 0.481 e. The zero-order valence-electron chi connectivity index (χ0n) is 13.2. The molecule has 23 heavy (non-hydrogen) atoms. The van der Waals surface area contributed by atoms with Crippen molar-refractivity contribution in [3.05, 3.63) is 24.3 Å². The van der Waals surface area contributed by atoms with E-state index in [4.69, 9.17) is 9.47 Å². The van der Waals surface area contributed by atoms with E-state index < -0.39 is 16.1 Å². The molecule has 0 saturated carbocycles. The van der Waals surface area contributed by atoms with E-state index in [0.29, 0.717) is 12.4 Å². The number of sulfonamides is 1. The lowest BCUT2D eigenvalue weighted by atomic mass is 10.2. The first-order valence-electron chi connectivity index (χ1n) is 7.52. The van der Waals surface area contributed by atoms with E-state index >= 15 is 0 Å². The van der Waals surface area contributed by atoms with Gasteiger partial charge in [-0.05, 0) is 44.0 Å². The van der Waals surface area contributed by atoms with Crippen LogP contribution in [0.15, 0.2) is 29.2 Å². The van der Waals surface area contributed by atoms with Crippen LogP contribution in [0.2, 0.25) is 0 Å². The van der Waals surface area contributed by atoms with Crippen LogP contribution in [0.4, 0.5) is 0 Å². The van der Waals surface area contributed by atoms with Crippen LogP contribution < -0.4 is 14.8 Å². The van der Waals surface area contributed by atoms with Gasteiger partial charge in [-0.1, -0.05) is 0 Å². The Bertz CT molecular complexity index is 624. The number of carbonyl (C=O) groups is 1. The summed E-state index contributed by atoms with van der Waals surface area (Å²) >= 11 is 0. The van der Waals surface area contributed by atoms with Crippen molar-refractivity contribution in [2.24, 2.45) is 0 Å². The second kappa shape index (κ2) is 7.76. The minimum atomic E-state index is -3.58. The van der Waals surface area contributed by atoms with Crippen LogP contribution in [-0.4, -0.2) is 46.7 Å². The van der Waals surface area contributed by atoms with E-state index in [1.54, 1.807) is 6.92 Å². The molecule has 7 nitrogen and oxygen atoms in total. The Labute approximate surface area is 136 Å². The molecule has 1 saturated heterocycles. The fraction of sp³-hybridized carbons (Fsp3) is 0.533. The van der Waals surface area contributed by atoms with Crippen molar-refractivity contribution < 1.29 is 22.7 Å². The van der Waals surface area contributed by atoms with Gasteiger partial charge in [-0.2, -0.15) is 0 Å². The molecule has 128 valence electrons. The summed E-state index contributed by atoms with van der Waals surface area (Å²) in [6.07, 6.45) is 1.12. The number of carbonyl (C=O) groups excluding carboxylic acids is 1. The maximum absolute atomic E-state index is 12.2. The van der Waals surface area contributed by atoms with E-state index in [0.717, 1.165) is 12.8 Å². The number of amides is 1. The van der Waals surface area contributed by atoms with Gasteiger partial charge in [0.25, 0.3) is 5.91 Å². The van der Waals surface area contributed by atoms with Gasteiger partial charge in [0.1, 0.15) is 5.75 Å². The van der Waals surface area contributed by atoms with E-state index in [-0.39, 0.29) is 23.5 Å². The minimum absolute atomic E-state index is 0.0548. The van der Waals surface area contributed by atoms with Gasteiger partial charge in [-0.25, -0.2) is 13.1 Å². The van der Waals surface area contributed by atoms with Crippen LogP contribution in [0.3, 0.4) is 0 Å². The third-order valence-electron chi connectivity index (χ3n) is 3.59. The van der Waals surface area contributed by atoms with Gasteiger partial charge in [-0.3, -0.25) is 4.79 Å². The van der Waals surface area contributed by atoms with E-state index in [2.05, 4.69) is 10.0 Å². The van der Waals surface area contributed by atoms with Crippen molar-refractivity contribution in [2.75, 3.05) is 20.2 Å². The molecular formula is C15H22N2O5S. The highest BCUT2D eigenvalue weighted by Crippen LogP contribution is 2.18. The number of likely N-dealkylation sites (N-methyl/N-ethyl adjacent to an activating group) is 1. The third-order valence-corrected chi connectivity index (χ3v) is 5.03. The molecule has 1 aromatic carbocycles. The van der Waals surface area contributed by atoms with Crippen molar-refractivity contribution in [2.45, 2.75) is 36.9 Å². The lowest BCUT2D eigenvalue weighted by Gasteiger charge is -2.14. The summed E-state index contributed by atoms with van der Waals surface area (Å²) in [5.41, 5.74) is 0. The molecule has 1 heterocycles. The standard InChI is InChI=1S/C15H22N2O5S/c1-11(15(18)16-2)22-12-5-7-14(8-6-12)23(19,20)17-10-13-4-3-9-21-13/h5-8,11,13,17H,3-4,9-10H2,1-2H3,(H,16,18)/t11-,13+/m0/s1. The number of hydrogen-bond acceptors (Lipinski definition) is 5. The monoisotopic (exact) mass is 342 g/mol. The number of ether oxygens (including phenoxy) is 2. The number of rotatable bonds is 7. The molecule has 2 rings (SSSR count). The van der Waals surface area contributed by atoms with Crippen LogP contribution in [-0.2, 0) is 19.6 Å². The summed E-state index contributed by atoms with van der Waals surface area (Å²) in [6, 6.07) is 5.95. The normalized spacial score (nSPS) is 19.3. The summed E-state index contributed by atoms with van der Waals surface area (Å²) in [5, 5.41) is 2.48. The van der Waals surface area contributed by atoms with E-state index in [1.165, 1.54) is 31.3 Å². The fourth-order valence-corrected chi connectivity index (χ4v) is 3.32. The third kappa shape index (κ3) is 4.92. The average molecular weight is 342 g/mol. The lowest BCUT2D eigenvalue weighted by Crippen LogP contribution is -2.33. The molecule has 0 spiro atoms. The van der Waals surface area contributed by atoms with Gasteiger partial charge >= 0.3 is 0 Å². The summed E-state index contributed by atoms with van der Waals surface area (Å²) in [5.74, 6) is 0.180. The number of hydrogen-bond donors (Lipinski definition) is 2. The summed E-state index contributed by atoms with van der Waals surface area (Å²) in [6.45, 7) is 2.57. The van der Waals surface area contributed by atoms with Crippen LogP contribution in [0.5, 0.6) is 5.75 Å². The second-order valence-electron chi connectivity index (χ2n) is 5.33. The Morgan fingerprint density at radius 3 is 2.65 bits per heavy atom. The molecule has 0 aliphatic carbocycles. The van der Waals surface area contributed by atoms with E-state index in [9.17, 15) is 13.2 Å². The summed E-state index contributed by atoms with van der Waals surface area (Å²) in [4.78, 5) is 11.5. The van der Waals surface area contributed by atoms with E-state index in [1.807, 2.05) is 0 Å². The highest BCUT2D eigenvalue weighted by Gasteiger charge is 2.20. The SMILES string of the molecule is CNC(=O)[C@H](C)Oc1ccc(S(=O)(=O)NC[C@H]2CCCO2)cc1. The molecule has 2 atom stereocenters. The van der Waals surface area contributed by atoms with Crippen LogP contribution in [0, 0.1) is 0 Å². The Kier molecular flexibility index (Phi) is 5.97. The molecule has 0 aromatic heterocycles. The molecule has 8 heteroatoms. The highest BCUT2D eigenvalue weighted by molar-refractivity contribution is 7.89. The zero-order valence-corrected chi connectivity index (χ0v) is 14.1. The van der Waals surface area contributed by atoms with Gasteiger partial charge < -0.3 is 14.8 Å². The molecule has 1 aliphatic heterocycles. The minimum Gasteiger partial charge on any atom is -0.481 e. The predicted molar refractivity (Wildman–Crippen MR) is 84.8 cm³/mol. The molecular weight excluding hydrogens is 320 g/mol. The Morgan fingerprint density at radius 1 is 1.39 bits per heavy atom. The number of benzene rings is 1. The first-order chi connectivity index (χ1) is 10.9. The smallest absolute Gasteiger partial charge is 0.260 e. The molecule has 0 unspecified atom stereocenters. The van der Waals surface area contributed by atoms with Gasteiger partial charge in [0, 0.05) is 20.2 Å². The quantitative estimate of drug-likeness (QED) is 0.759. The Hall–Kier alpha value is -1.64. The summed E-state index contributed by atoms with van der Waals surface area (Å²) < 4.78 is 37.8. The van der Waals surface area contributed by atoms with Gasteiger partial charge in [-0.15, -0.1) is 0 Å². The predicted octanol–water partition coefficient (Wildman–Crippen LogP) is 0.657. The fourth-order valence-electron chi connectivity index (χ4n) is 2.25. The highest BCUT2D eigenvalue weighted by atomic mass is 32.2. The van der Waals surface area contributed by atoms with Gasteiger partial charge in [0.05, 0.1) is 11.0 Å². The zero-order chi connectivity index (χ0) is 16.9. The lowest BCUT2D eigenvalue weighted by molar-refractivity contribution is -0.126. The summed E-state index contributed by atoms with van der Waals surface area (Å²) in [7, 11) is -2.05. The van der Waals surface area contributed by atoms with Crippen LogP contribution in [0.25, 0.3) is 0 Å².